The van der Waals surface area contributed by atoms with Crippen molar-refractivity contribution in [3.63, 3.8) is 0 Å². The number of hydrogen-bond donors (Lipinski definition) is 2. The monoisotopic (exact) mass is 476 g/mol. The Morgan fingerprint density at radius 3 is 2.17 bits per heavy atom. The first-order valence-electron chi connectivity index (χ1n) is 12.5. The second-order valence-corrected chi connectivity index (χ2v) is 10.3. The fraction of sp³-hybridized carbons (Fsp3) is 0.464. The van der Waals surface area contributed by atoms with Gasteiger partial charge in [-0.3, -0.25) is 9.59 Å². The van der Waals surface area contributed by atoms with E-state index in [4.69, 9.17) is 4.74 Å². The van der Waals surface area contributed by atoms with Crippen LogP contribution in [0.25, 0.3) is 11.1 Å². The highest BCUT2D eigenvalue weighted by Crippen LogP contribution is 2.45. The molecule has 0 bridgehead atoms. The Labute approximate surface area is 205 Å². The quantitative estimate of drug-likeness (QED) is 0.644. The van der Waals surface area contributed by atoms with Gasteiger partial charge in [0, 0.05) is 18.5 Å². The summed E-state index contributed by atoms with van der Waals surface area (Å²) in [5, 5.41) is 12.3. The average molecular weight is 477 g/mol. The van der Waals surface area contributed by atoms with Crippen molar-refractivity contribution >= 4 is 18.0 Å². The van der Waals surface area contributed by atoms with Crippen molar-refractivity contribution in [1.82, 2.24) is 10.2 Å². The molecule has 3 atom stereocenters. The standard InChI is InChI=1S/C28H32N2O5/c1-17-15-18(25(31)32)13-14-30(17)26(33)28(2,19-11-12-19)29-27(34)35-16-24-22-9-5-3-7-20(22)21-8-4-6-10-23(21)24/h3-10,17-19,24H,11-16H2,1-2H3,(H,29,34)(H,31,32). The van der Waals surface area contributed by atoms with Crippen LogP contribution in [0.4, 0.5) is 4.79 Å². The van der Waals surface area contributed by atoms with Crippen LogP contribution in [0.15, 0.2) is 48.5 Å². The maximum Gasteiger partial charge on any atom is 0.408 e. The Morgan fingerprint density at radius 2 is 1.63 bits per heavy atom. The summed E-state index contributed by atoms with van der Waals surface area (Å²) in [6, 6.07) is 16.1. The van der Waals surface area contributed by atoms with Crippen LogP contribution in [0.5, 0.6) is 0 Å². The molecule has 1 aliphatic heterocycles. The van der Waals surface area contributed by atoms with Crippen LogP contribution in [0.2, 0.25) is 0 Å². The second-order valence-electron chi connectivity index (χ2n) is 10.3. The average Bonchev–Trinajstić information content (AvgIpc) is 3.66. The molecular formula is C28H32N2O5. The van der Waals surface area contributed by atoms with Crippen LogP contribution in [-0.2, 0) is 14.3 Å². The number of carbonyl (C=O) groups is 3. The summed E-state index contributed by atoms with van der Waals surface area (Å²) in [6.07, 6.45) is 1.99. The van der Waals surface area contributed by atoms with Gasteiger partial charge in [0.15, 0.2) is 0 Å². The number of benzene rings is 2. The lowest BCUT2D eigenvalue weighted by atomic mass is 9.87. The molecule has 2 fully saturated rings. The molecule has 3 aliphatic rings. The summed E-state index contributed by atoms with van der Waals surface area (Å²) in [5.74, 6) is -1.39. The molecule has 184 valence electrons. The molecular weight excluding hydrogens is 444 g/mol. The van der Waals surface area contributed by atoms with Gasteiger partial charge in [-0.2, -0.15) is 0 Å². The first-order valence-corrected chi connectivity index (χ1v) is 12.5. The van der Waals surface area contributed by atoms with Gasteiger partial charge in [0.25, 0.3) is 0 Å². The molecule has 1 saturated heterocycles. The fourth-order valence-corrected chi connectivity index (χ4v) is 5.83. The molecule has 2 amide bonds. The van der Waals surface area contributed by atoms with Crippen LogP contribution in [0, 0.1) is 11.8 Å². The highest BCUT2D eigenvalue weighted by atomic mass is 16.5. The third kappa shape index (κ3) is 4.28. The highest BCUT2D eigenvalue weighted by Gasteiger charge is 2.51. The number of piperidine rings is 1. The van der Waals surface area contributed by atoms with Gasteiger partial charge in [0.2, 0.25) is 5.91 Å². The molecule has 0 spiro atoms. The molecule has 1 heterocycles. The lowest BCUT2D eigenvalue weighted by molar-refractivity contribution is -0.150. The van der Waals surface area contributed by atoms with Crippen molar-refractivity contribution < 1.29 is 24.2 Å². The van der Waals surface area contributed by atoms with E-state index in [-0.39, 0.29) is 30.4 Å². The first-order chi connectivity index (χ1) is 16.8. The number of amides is 2. The molecule has 2 aromatic carbocycles. The Morgan fingerprint density at radius 1 is 1.03 bits per heavy atom. The van der Waals surface area contributed by atoms with Gasteiger partial charge in [-0.15, -0.1) is 0 Å². The fourth-order valence-electron chi connectivity index (χ4n) is 5.83. The van der Waals surface area contributed by atoms with Gasteiger partial charge in [0.05, 0.1) is 5.92 Å². The van der Waals surface area contributed by atoms with Gasteiger partial charge in [0.1, 0.15) is 12.1 Å². The van der Waals surface area contributed by atoms with Crippen molar-refractivity contribution in [2.24, 2.45) is 11.8 Å². The van der Waals surface area contributed by atoms with E-state index in [1.54, 1.807) is 11.8 Å². The summed E-state index contributed by atoms with van der Waals surface area (Å²) in [7, 11) is 0. The zero-order valence-corrected chi connectivity index (χ0v) is 20.2. The molecule has 7 heteroatoms. The van der Waals surface area contributed by atoms with Crippen LogP contribution < -0.4 is 5.32 Å². The second kappa shape index (κ2) is 9.02. The number of nitrogens with one attached hydrogen (secondary N) is 1. The van der Waals surface area contributed by atoms with Crippen LogP contribution in [-0.4, -0.2) is 52.7 Å². The molecule has 1 saturated carbocycles. The van der Waals surface area contributed by atoms with Gasteiger partial charge >= 0.3 is 12.1 Å². The number of aliphatic carboxylic acids is 1. The molecule has 3 unspecified atom stereocenters. The first kappa shape index (κ1) is 23.4. The number of carboxylic acid groups (broad SMARTS) is 1. The van der Waals surface area contributed by atoms with Crippen molar-refractivity contribution in [1.29, 1.82) is 0 Å². The third-order valence-electron chi connectivity index (χ3n) is 8.03. The Hall–Kier alpha value is -3.35. The van der Waals surface area contributed by atoms with Gasteiger partial charge in [-0.05, 0) is 67.7 Å². The van der Waals surface area contributed by atoms with E-state index in [9.17, 15) is 19.5 Å². The van der Waals surface area contributed by atoms with Crippen LogP contribution in [0.3, 0.4) is 0 Å². The molecule has 0 radical (unpaired) electrons. The number of likely N-dealkylation sites (tertiary alicyclic amines) is 1. The molecule has 2 aromatic rings. The smallest absolute Gasteiger partial charge is 0.408 e. The van der Waals surface area contributed by atoms with E-state index in [2.05, 4.69) is 29.6 Å². The van der Waals surface area contributed by atoms with Gasteiger partial charge in [-0.1, -0.05) is 48.5 Å². The third-order valence-corrected chi connectivity index (χ3v) is 8.03. The Kier molecular flexibility index (Phi) is 6.03. The van der Waals surface area contributed by atoms with E-state index in [1.165, 1.54) is 0 Å². The summed E-state index contributed by atoms with van der Waals surface area (Å²) in [6.45, 7) is 4.24. The number of ether oxygens (including phenoxy) is 1. The number of carboxylic acids is 1. The summed E-state index contributed by atoms with van der Waals surface area (Å²) < 4.78 is 5.73. The zero-order chi connectivity index (χ0) is 24.7. The van der Waals surface area contributed by atoms with Gasteiger partial charge in [-0.25, -0.2) is 4.79 Å². The Bertz CT molecular complexity index is 1110. The predicted octanol–water partition coefficient (Wildman–Crippen LogP) is 4.41. The summed E-state index contributed by atoms with van der Waals surface area (Å²) in [5.41, 5.74) is 3.53. The number of rotatable bonds is 6. The Balaban J connectivity index is 1.27. The number of carbonyl (C=O) groups excluding carboxylic acids is 2. The maximum absolute atomic E-state index is 13.6. The molecule has 35 heavy (non-hydrogen) atoms. The molecule has 0 aromatic heterocycles. The van der Waals surface area contributed by atoms with E-state index in [0.29, 0.717) is 19.4 Å². The number of fused-ring (bicyclic) bond motifs is 3. The zero-order valence-electron chi connectivity index (χ0n) is 20.2. The topological polar surface area (TPSA) is 95.9 Å². The van der Waals surface area contributed by atoms with Crippen molar-refractivity contribution in [3.05, 3.63) is 59.7 Å². The molecule has 7 nitrogen and oxygen atoms in total. The van der Waals surface area contributed by atoms with E-state index >= 15 is 0 Å². The minimum absolute atomic E-state index is 0.0499. The van der Waals surface area contributed by atoms with E-state index in [0.717, 1.165) is 35.1 Å². The van der Waals surface area contributed by atoms with Crippen molar-refractivity contribution in [2.75, 3.05) is 13.2 Å². The molecule has 2 N–H and O–H groups in total. The lowest BCUT2D eigenvalue weighted by Gasteiger charge is -2.42. The highest BCUT2D eigenvalue weighted by molar-refractivity contribution is 5.91. The largest absolute Gasteiger partial charge is 0.481 e. The van der Waals surface area contributed by atoms with E-state index < -0.39 is 23.5 Å². The van der Waals surface area contributed by atoms with Crippen molar-refractivity contribution in [2.45, 2.75) is 57.0 Å². The minimum Gasteiger partial charge on any atom is -0.481 e. The van der Waals surface area contributed by atoms with Crippen LogP contribution in [0.1, 0.15) is 56.6 Å². The number of alkyl carbamates (subject to hydrolysis) is 1. The van der Waals surface area contributed by atoms with Gasteiger partial charge < -0.3 is 20.1 Å². The van der Waals surface area contributed by atoms with Crippen LogP contribution >= 0.6 is 0 Å². The lowest BCUT2D eigenvalue weighted by Crippen LogP contribution is -2.62. The summed E-state index contributed by atoms with van der Waals surface area (Å²) >= 11 is 0. The van der Waals surface area contributed by atoms with E-state index in [1.807, 2.05) is 31.2 Å². The summed E-state index contributed by atoms with van der Waals surface area (Å²) in [4.78, 5) is 39.8. The molecule has 2 aliphatic carbocycles. The number of nitrogens with zero attached hydrogens (tertiary/aromatic N) is 1. The normalized spacial score (nSPS) is 23.1. The maximum atomic E-state index is 13.6. The van der Waals surface area contributed by atoms with Crippen molar-refractivity contribution in [3.8, 4) is 11.1 Å². The number of hydrogen-bond acceptors (Lipinski definition) is 4. The SMILES string of the molecule is CC1CC(C(=O)O)CCN1C(=O)C(C)(NC(=O)OCC1c2ccccc2-c2ccccc21)C1CC1. The predicted molar refractivity (Wildman–Crippen MR) is 131 cm³/mol. The molecule has 5 rings (SSSR count). The minimum atomic E-state index is -1.06.